The Kier molecular flexibility index (Phi) is 2.99. The highest BCUT2D eigenvalue weighted by atomic mass is 16.7. The van der Waals surface area contributed by atoms with E-state index in [1.165, 1.54) is 0 Å². The van der Waals surface area contributed by atoms with Gasteiger partial charge in [-0.25, -0.2) is 0 Å². The van der Waals surface area contributed by atoms with Crippen molar-refractivity contribution in [3.8, 4) is 0 Å². The van der Waals surface area contributed by atoms with Crippen LogP contribution in [-0.2, 0) is 4.74 Å². The minimum atomic E-state index is -1.57. The summed E-state index contributed by atoms with van der Waals surface area (Å²) in [6, 6.07) is 0. The molecule has 5 N–H and O–H groups in total. The van der Waals surface area contributed by atoms with Gasteiger partial charge < -0.3 is 30.3 Å². The minimum absolute atomic E-state index is 0.526. The Morgan fingerprint density at radius 3 is 2.00 bits per heavy atom. The third-order valence-electron chi connectivity index (χ3n) is 1.87. The van der Waals surface area contributed by atoms with Crippen LogP contribution >= 0.6 is 0 Å². The van der Waals surface area contributed by atoms with Crippen LogP contribution in [0.2, 0.25) is 0 Å². The highest BCUT2D eigenvalue weighted by Crippen LogP contribution is 2.18. The summed E-state index contributed by atoms with van der Waals surface area (Å²) in [4.78, 5) is 0. The van der Waals surface area contributed by atoms with Gasteiger partial charge in [-0.05, 0) is 0 Å². The first-order chi connectivity index (χ1) is 5.57. The maximum Gasteiger partial charge on any atom is 0.184 e. The predicted molar refractivity (Wildman–Crippen MR) is 36.0 cm³/mol. The molecule has 72 valence electrons. The molecule has 0 amide bonds. The van der Waals surface area contributed by atoms with E-state index in [1.54, 1.807) is 0 Å². The average molecular weight is 181 g/mol. The van der Waals surface area contributed by atoms with Gasteiger partial charge in [0, 0.05) is 0 Å². The highest BCUT2D eigenvalue weighted by Gasteiger charge is 2.42. The monoisotopic (exact) mass is 181 g/mol. The van der Waals surface area contributed by atoms with Crippen molar-refractivity contribution < 1.29 is 30.3 Å². The van der Waals surface area contributed by atoms with Crippen molar-refractivity contribution >= 4 is 0 Å². The molecule has 0 aromatic rings. The molecule has 1 aliphatic heterocycles. The molecule has 12 heavy (non-hydrogen) atoms. The molecule has 0 bridgehead atoms. The Balaban J connectivity index is 2.63. The molecule has 0 aromatic carbocycles. The summed E-state index contributed by atoms with van der Waals surface area (Å²) >= 11 is 0. The zero-order chi connectivity index (χ0) is 9.30. The lowest BCUT2D eigenvalue weighted by Crippen LogP contribution is -2.58. The number of aliphatic hydroxyl groups is 5. The molecule has 0 radical (unpaired) electrons. The fourth-order valence-electron chi connectivity index (χ4n) is 1.08. The molecule has 0 saturated carbocycles. The summed E-state index contributed by atoms with van der Waals surface area (Å²) in [5.41, 5.74) is 0. The second-order valence-electron chi connectivity index (χ2n) is 2.72. The third-order valence-corrected chi connectivity index (χ3v) is 1.87. The second kappa shape index (κ2) is 3.65. The van der Waals surface area contributed by atoms with Gasteiger partial charge in [-0.15, -0.1) is 0 Å². The summed E-state index contributed by atoms with van der Waals surface area (Å²) in [5, 5.41) is 44.7. The average Bonchev–Trinajstić information content (AvgIpc) is 2.08. The molecular weight excluding hydrogens is 169 g/mol. The van der Waals surface area contributed by atoms with Crippen LogP contribution in [0.5, 0.6) is 0 Å². The topological polar surface area (TPSA) is 110 Å². The van der Waals surface area contributed by atoms with Crippen LogP contribution < -0.4 is 0 Å². The number of ether oxygens (including phenoxy) is 1. The standard InChI is InChI=1S/C6H12O6/c7-1-2-3(8)4(9)5(10)6(11)12-2/h2-11H,1H2/t2-,3+,4-,5+,6?/m1/s1/i2+1. The zero-order valence-corrected chi connectivity index (χ0v) is 6.24. The molecule has 1 saturated heterocycles. The first-order valence-corrected chi connectivity index (χ1v) is 3.56. The number of hydrogen-bond donors (Lipinski definition) is 5. The normalized spacial score (nSPS) is 49.2. The SMILES string of the molecule is OC[13C@H]1OC(O)[C@@H](O)[C@H](O)[C@H]1O. The van der Waals surface area contributed by atoms with E-state index < -0.39 is 37.3 Å². The first kappa shape index (κ1) is 9.85. The molecule has 1 heterocycles. The zero-order valence-electron chi connectivity index (χ0n) is 6.24. The maximum absolute atomic E-state index is 9.12. The minimum Gasteiger partial charge on any atom is -0.394 e. The summed E-state index contributed by atoms with van der Waals surface area (Å²) in [6.45, 7) is -0.526. The molecule has 0 aliphatic carbocycles. The first-order valence-electron chi connectivity index (χ1n) is 3.56. The van der Waals surface area contributed by atoms with Crippen LogP contribution in [0.4, 0.5) is 0 Å². The molecule has 1 rings (SSSR count). The summed E-state index contributed by atoms with van der Waals surface area (Å²) in [7, 11) is 0. The van der Waals surface area contributed by atoms with Crippen molar-refractivity contribution in [2.24, 2.45) is 0 Å². The Labute approximate surface area is 68.6 Å². The quantitative estimate of drug-likeness (QED) is 0.272. The van der Waals surface area contributed by atoms with E-state index in [0.29, 0.717) is 0 Å². The van der Waals surface area contributed by atoms with Gasteiger partial charge in [-0.2, -0.15) is 0 Å². The lowest BCUT2D eigenvalue weighted by Gasteiger charge is -2.37. The van der Waals surface area contributed by atoms with Crippen LogP contribution in [0.25, 0.3) is 0 Å². The molecule has 5 atom stereocenters. The summed E-state index contributed by atoms with van der Waals surface area (Å²) in [6.07, 6.45) is -7.04. The second-order valence-corrected chi connectivity index (χ2v) is 2.72. The van der Waals surface area contributed by atoms with E-state index in [9.17, 15) is 0 Å². The van der Waals surface area contributed by atoms with Crippen LogP contribution in [0, 0.1) is 0 Å². The smallest absolute Gasteiger partial charge is 0.184 e. The van der Waals surface area contributed by atoms with Gasteiger partial charge in [0.1, 0.15) is 24.4 Å². The van der Waals surface area contributed by atoms with Gasteiger partial charge in [-0.3, -0.25) is 0 Å². The largest absolute Gasteiger partial charge is 0.394 e. The van der Waals surface area contributed by atoms with Crippen molar-refractivity contribution in [3.05, 3.63) is 0 Å². The molecule has 0 spiro atoms. The Bertz CT molecular complexity index is 146. The number of hydrogen-bond acceptors (Lipinski definition) is 6. The lowest BCUT2D eigenvalue weighted by atomic mass is 10.1. The van der Waals surface area contributed by atoms with E-state index in [1.807, 2.05) is 0 Å². The number of rotatable bonds is 1. The Morgan fingerprint density at radius 2 is 1.50 bits per heavy atom. The van der Waals surface area contributed by atoms with Crippen molar-refractivity contribution in [1.29, 1.82) is 0 Å². The van der Waals surface area contributed by atoms with Crippen molar-refractivity contribution in [1.82, 2.24) is 0 Å². The fraction of sp³-hybridized carbons (Fsp3) is 1.00. The summed E-state index contributed by atoms with van der Waals surface area (Å²) in [5.74, 6) is 0. The van der Waals surface area contributed by atoms with E-state index in [-0.39, 0.29) is 0 Å². The molecule has 1 aliphatic rings. The summed E-state index contributed by atoms with van der Waals surface area (Å²) < 4.78 is 4.58. The van der Waals surface area contributed by atoms with Crippen LogP contribution in [-0.4, -0.2) is 62.8 Å². The van der Waals surface area contributed by atoms with Crippen LogP contribution in [0.3, 0.4) is 0 Å². The van der Waals surface area contributed by atoms with Crippen LogP contribution in [0.1, 0.15) is 0 Å². The third kappa shape index (κ3) is 1.58. The molecule has 1 fully saturated rings. The Hall–Kier alpha value is -0.240. The van der Waals surface area contributed by atoms with E-state index in [2.05, 4.69) is 4.74 Å². The van der Waals surface area contributed by atoms with E-state index in [0.717, 1.165) is 0 Å². The van der Waals surface area contributed by atoms with Crippen molar-refractivity contribution in [2.45, 2.75) is 30.7 Å². The maximum atomic E-state index is 9.12. The van der Waals surface area contributed by atoms with Crippen LogP contribution in [0.15, 0.2) is 0 Å². The molecule has 6 nitrogen and oxygen atoms in total. The molecule has 0 aromatic heterocycles. The fourth-order valence-corrected chi connectivity index (χ4v) is 1.08. The molecule has 1 unspecified atom stereocenters. The van der Waals surface area contributed by atoms with Crippen molar-refractivity contribution in [3.63, 3.8) is 0 Å². The highest BCUT2D eigenvalue weighted by molar-refractivity contribution is 4.87. The van der Waals surface area contributed by atoms with E-state index >= 15 is 0 Å². The predicted octanol–water partition coefficient (Wildman–Crippen LogP) is -3.22. The van der Waals surface area contributed by atoms with Gasteiger partial charge >= 0.3 is 0 Å². The van der Waals surface area contributed by atoms with Gasteiger partial charge in [0.05, 0.1) is 6.61 Å². The lowest BCUT2D eigenvalue weighted by molar-refractivity contribution is -0.286. The molecule has 6 heteroatoms. The van der Waals surface area contributed by atoms with Gasteiger partial charge in [0.15, 0.2) is 6.29 Å². The molecular formula is C6H12O6. The van der Waals surface area contributed by atoms with Gasteiger partial charge in [0.2, 0.25) is 0 Å². The van der Waals surface area contributed by atoms with Gasteiger partial charge in [-0.1, -0.05) is 0 Å². The Morgan fingerprint density at radius 1 is 0.917 bits per heavy atom. The van der Waals surface area contributed by atoms with Gasteiger partial charge in [0.25, 0.3) is 0 Å². The van der Waals surface area contributed by atoms with E-state index in [4.69, 9.17) is 25.5 Å². The number of aliphatic hydroxyl groups excluding tert-OH is 5. The van der Waals surface area contributed by atoms with Crippen molar-refractivity contribution in [2.75, 3.05) is 6.61 Å².